The molecule has 0 amide bonds. The van der Waals surface area contributed by atoms with Crippen LogP contribution in [0.25, 0.3) is 16.6 Å². The third-order valence-electron chi connectivity index (χ3n) is 3.50. The lowest BCUT2D eigenvalue weighted by atomic mass is 10.1. The number of hydrogen-bond donors (Lipinski definition) is 1. The second-order valence-electron chi connectivity index (χ2n) is 4.96. The summed E-state index contributed by atoms with van der Waals surface area (Å²) in [6.45, 7) is 3.89. The van der Waals surface area contributed by atoms with E-state index in [0.29, 0.717) is 5.82 Å². The largest absolute Gasteiger partial charge is 0.372 e. The first-order valence-corrected chi connectivity index (χ1v) is 6.75. The molecule has 1 aromatic carbocycles. The van der Waals surface area contributed by atoms with E-state index in [9.17, 15) is 4.79 Å². The fraction of sp³-hybridized carbons (Fsp3) is 0.188. The summed E-state index contributed by atoms with van der Waals surface area (Å²) >= 11 is 0. The zero-order valence-corrected chi connectivity index (χ0v) is 12.2. The fourth-order valence-electron chi connectivity index (χ4n) is 2.47. The van der Waals surface area contributed by atoms with Gasteiger partial charge in [-0.3, -0.25) is 9.55 Å². The zero-order valence-electron chi connectivity index (χ0n) is 12.2. The Hall–Kier alpha value is -2.69. The molecule has 0 radical (unpaired) electrons. The van der Waals surface area contributed by atoms with Crippen LogP contribution in [0.1, 0.15) is 11.3 Å². The van der Waals surface area contributed by atoms with Gasteiger partial charge in [0.1, 0.15) is 5.82 Å². The summed E-state index contributed by atoms with van der Waals surface area (Å²) in [6.07, 6.45) is 1.71. The summed E-state index contributed by atoms with van der Waals surface area (Å²) in [4.78, 5) is 20.9. The standard InChI is InChI=1S/C16H16N4O/c1-10-6-7-12-14(9-10)20(16(21)19-15(12)17-3)13-5-4-8-18-11(13)2/h4-9H,1-3H3,(H,17,19,21). The molecule has 1 N–H and O–H groups in total. The maximum Gasteiger partial charge on any atom is 0.354 e. The molecule has 0 atom stereocenters. The molecule has 0 saturated heterocycles. The Bertz CT molecular complexity index is 883. The second-order valence-corrected chi connectivity index (χ2v) is 4.96. The molecule has 21 heavy (non-hydrogen) atoms. The number of nitrogens with one attached hydrogen (secondary N) is 1. The molecule has 0 spiro atoms. The Morgan fingerprint density at radius 3 is 2.71 bits per heavy atom. The van der Waals surface area contributed by atoms with E-state index in [-0.39, 0.29) is 5.69 Å². The van der Waals surface area contributed by atoms with E-state index in [4.69, 9.17) is 0 Å². The lowest BCUT2D eigenvalue weighted by Crippen LogP contribution is -2.24. The second kappa shape index (κ2) is 5.01. The molecule has 2 aromatic heterocycles. The highest BCUT2D eigenvalue weighted by Gasteiger charge is 2.13. The van der Waals surface area contributed by atoms with Crippen molar-refractivity contribution in [2.45, 2.75) is 13.8 Å². The molecule has 0 aliphatic rings. The Labute approximate surface area is 122 Å². The summed E-state index contributed by atoms with van der Waals surface area (Å²) in [5.74, 6) is 0.591. The number of anilines is 1. The van der Waals surface area contributed by atoms with Crippen LogP contribution in [0.15, 0.2) is 41.3 Å². The predicted molar refractivity (Wildman–Crippen MR) is 84.2 cm³/mol. The number of aryl methyl sites for hydroxylation is 2. The minimum Gasteiger partial charge on any atom is -0.372 e. The number of rotatable bonds is 2. The van der Waals surface area contributed by atoms with Gasteiger partial charge in [-0.25, -0.2) is 4.79 Å². The van der Waals surface area contributed by atoms with Crippen LogP contribution in [0, 0.1) is 13.8 Å². The van der Waals surface area contributed by atoms with Crippen LogP contribution >= 0.6 is 0 Å². The summed E-state index contributed by atoms with van der Waals surface area (Å²) in [5, 5.41) is 3.89. The molecular weight excluding hydrogens is 264 g/mol. The third kappa shape index (κ3) is 2.16. The molecule has 5 nitrogen and oxygen atoms in total. The number of nitrogens with zero attached hydrogens (tertiary/aromatic N) is 3. The van der Waals surface area contributed by atoms with Gasteiger partial charge in [0, 0.05) is 18.6 Å². The Balaban J connectivity index is 2.48. The van der Waals surface area contributed by atoms with Crippen LogP contribution in [0.4, 0.5) is 5.82 Å². The first-order valence-electron chi connectivity index (χ1n) is 6.75. The van der Waals surface area contributed by atoms with Gasteiger partial charge in [-0.2, -0.15) is 4.98 Å². The molecule has 3 rings (SSSR count). The molecule has 0 saturated carbocycles. The maximum atomic E-state index is 12.5. The monoisotopic (exact) mass is 280 g/mol. The Kier molecular flexibility index (Phi) is 3.17. The first kappa shape index (κ1) is 13.3. The normalized spacial score (nSPS) is 10.8. The van der Waals surface area contributed by atoms with Gasteiger partial charge in [0.05, 0.1) is 16.9 Å². The lowest BCUT2D eigenvalue weighted by Gasteiger charge is -2.14. The van der Waals surface area contributed by atoms with E-state index in [0.717, 1.165) is 27.8 Å². The number of benzene rings is 1. The molecule has 106 valence electrons. The van der Waals surface area contributed by atoms with E-state index in [1.54, 1.807) is 17.8 Å². The van der Waals surface area contributed by atoms with Crippen molar-refractivity contribution in [1.29, 1.82) is 0 Å². The van der Waals surface area contributed by atoms with E-state index in [1.165, 1.54) is 0 Å². The number of hydrogen-bond acceptors (Lipinski definition) is 4. The number of pyridine rings is 1. The summed E-state index contributed by atoms with van der Waals surface area (Å²) in [5.41, 5.74) is 3.16. The van der Waals surface area contributed by atoms with Gasteiger partial charge in [0.25, 0.3) is 0 Å². The van der Waals surface area contributed by atoms with Crippen molar-refractivity contribution < 1.29 is 0 Å². The zero-order chi connectivity index (χ0) is 15.0. The highest BCUT2D eigenvalue weighted by Crippen LogP contribution is 2.23. The van der Waals surface area contributed by atoms with Crippen molar-refractivity contribution in [3.05, 3.63) is 58.3 Å². The van der Waals surface area contributed by atoms with Crippen molar-refractivity contribution in [2.75, 3.05) is 12.4 Å². The highest BCUT2D eigenvalue weighted by molar-refractivity contribution is 5.90. The molecule has 0 bridgehead atoms. The van der Waals surface area contributed by atoms with Crippen LogP contribution < -0.4 is 11.0 Å². The molecule has 0 unspecified atom stereocenters. The molecule has 0 aliphatic heterocycles. The Morgan fingerprint density at radius 1 is 1.19 bits per heavy atom. The van der Waals surface area contributed by atoms with Gasteiger partial charge in [0.15, 0.2) is 0 Å². The summed E-state index contributed by atoms with van der Waals surface area (Å²) < 4.78 is 1.62. The minimum absolute atomic E-state index is 0.312. The summed E-state index contributed by atoms with van der Waals surface area (Å²) in [7, 11) is 1.76. The van der Waals surface area contributed by atoms with Gasteiger partial charge in [-0.1, -0.05) is 6.07 Å². The van der Waals surface area contributed by atoms with Gasteiger partial charge in [0.2, 0.25) is 0 Å². The van der Waals surface area contributed by atoms with Crippen LogP contribution in [0.2, 0.25) is 0 Å². The van der Waals surface area contributed by atoms with E-state index < -0.39 is 0 Å². The summed E-state index contributed by atoms with van der Waals surface area (Å²) in [6, 6.07) is 9.68. The van der Waals surface area contributed by atoms with Crippen molar-refractivity contribution in [3.63, 3.8) is 0 Å². The van der Waals surface area contributed by atoms with Crippen molar-refractivity contribution in [3.8, 4) is 5.69 Å². The van der Waals surface area contributed by atoms with Gasteiger partial charge >= 0.3 is 5.69 Å². The number of fused-ring (bicyclic) bond motifs is 1. The average Bonchev–Trinajstić information content (AvgIpc) is 2.47. The van der Waals surface area contributed by atoms with Crippen LogP contribution in [0.3, 0.4) is 0 Å². The van der Waals surface area contributed by atoms with Crippen LogP contribution in [-0.2, 0) is 0 Å². The topological polar surface area (TPSA) is 59.8 Å². The molecule has 2 heterocycles. The smallest absolute Gasteiger partial charge is 0.354 e. The fourth-order valence-corrected chi connectivity index (χ4v) is 2.47. The van der Waals surface area contributed by atoms with Crippen molar-refractivity contribution in [2.24, 2.45) is 0 Å². The predicted octanol–water partition coefficient (Wildman–Crippen LogP) is 2.44. The van der Waals surface area contributed by atoms with Gasteiger partial charge in [-0.05, 0) is 43.7 Å². The van der Waals surface area contributed by atoms with Crippen LogP contribution in [0.5, 0.6) is 0 Å². The average molecular weight is 280 g/mol. The van der Waals surface area contributed by atoms with Crippen molar-refractivity contribution in [1.82, 2.24) is 14.5 Å². The highest BCUT2D eigenvalue weighted by atomic mass is 16.1. The molecule has 3 aromatic rings. The third-order valence-corrected chi connectivity index (χ3v) is 3.50. The van der Waals surface area contributed by atoms with Crippen molar-refractivity contribution >= 4 is 16.7 Å². The molecule has 0 aliphatic carbocycles. The SMILES string of the molecule is CNc1nc(=O)n(-c2cccnc2C)c2cc(C)ccc12. The number of aromatic nitrogens is 3. The first-order chi connectivity index (χ1) is 10.1. The van der Waals surface area contributed by atoms with E-state index in [2.05, 4.69) is 15.3 Å². The van der Waals surface area contributed by atoms with Crippen LogP contribution in [-0.4, -0.2) is 21.6 Å². The van der Waals surface area contributed by atoms with Gasteiger partial charge < -0.3 is 5.32 Å². The molecule has 5 heteroatoms. The molecule has 0 fully saturated rings. The maximum absolute atomic E-state index is 12.5. The van der Waals surface area contributed by atoms with E-state index in [1.807, 2.05) is 44.2 Å². The minimum atomic E-state index is -0.312. The molecular formula is C16H16N4O. The quantitative estimate of drug-likeness (QED) is 0.783. The van der Waals surface area contributed by atoms with Gasteiger partial charge in [-0.15, -0.1) is 0 Å². The Morgan fingerprint density at radius 2 is 2.00 bits per heavy atom. The lowest BCUT2D eigenvalue weighted by molar-refractivity contribution is 0.936. The van der Waals surface area contributed by atoms with E-state index >= 15 is 0 Å².